The molecule has 0 fully saturated rings. The van der Waals surface area contributed by atoms with Crippen LogP contribution in [-0.4, -0.2) is 44.8 Å². The summed E-state index contributed by atoms with van der Waals surface area (Å²) >= 11 is 6.26. The van der Waals surface area contributed by atoms with E-state index in [-0.39, 0.29) is 23.8 Å². The molecule has 0 radical (unpaired) electrons. The lowest BCUT2D eigenvalue weighted by Gasteiger charge is -2.34. The third-order valence-electron chi connectivity index (χ3n) is 7.21. The van der Waals surface area contributed by atoms with Crippen LogP contribution in [0.2, 0.25) is 5.02 Å². The van der Waals surface area contributed by atoms with E-state index >= 15 is 0 Å². The Morgan fingerprint density at radius 2 is 1.45 bits per heavy atom. The van der Waals surface area contributed by atoms with Gasteiger partial charge in [0.05, 0.1) is 10.6 Å². The molecular weight excluding hydrogens is 570 g/mol. The third-order valence-corrected chi connectivity index (χ3v) is 9.22. The van der Waals surface area contributed by atoms with E-state index in [1.807, 2.05) is 56.3 Å². The number of benzene rings is 4. The molecule has 4 aromatic carbocycles. The first-order valence-electron chi connectivity index (χ1n) is 13.5. The summed E-state index contributed by atoms with van der Waals surface area (Å²) in [7, 11) is -2.63. The van der Waals surface area contributed by atoms with Gasteiger partial charge in [-0.25, -0.2) is 8.42 Å². The lowest BCUT2D eigenvalue weighted by atomic mass is 10.0. The van der Waals surface area contributed by atoms with E-state index in [1.54, 1.807) is 48.5 Å². The summed E-state index contributed by atoms with van der Waals surface area (Å²) in [6, 6.07) is 28.9. The van der Waals surface area contributed by atoms with Gasteiger partial charge in [0.2, 0.25) is 11.8 Å². The van der Waals surface area contributed by atoms with Gasteiger partial charge >= 0.3 is 0 Å². The molecule has 42 heavy (non-hydrogen) atoms. The Morgan fingerprint density at radius 3 is 2.10 bits per heavy atom. The molecule has 0 aromatic heterocycles. The zero-order chi connectivity index (χ0) is 30.3. The normalized spacial score (nSPS) is 11.9. The number of halogens is 1. The number of likely N-dealkylation sites (N-methyl/N-ethyl adjacent to an activating group) is 1. The maximum absolute atomic E-state index is 14.3. The van der Waals surface area contributed by atoms with Crippen molar-refractivity contribution in [3.05, 3.63) is 130 Å². The van der Waals surface area contributed by atoms with E-state index in [4.69, 9.17) is 11.6 Å². The third kappa shape index (κ3) is 7.19. The zero-order valence-corrected chi connectivity index (χ0v) is 25.4. The fourth-order valence-corrected chi connectivity index (χ4v) is 6.50. The number of hydrogen-bond acceptors (Lipinski definition) is 4. The minimum absolute atomic E-state index is 0.0519. The fourth-order valence-electron chi connectivity index (χ4n) is 4.79. The second-order valence-corrected chi connectivity index (χ2v) is 12.3. The van der Waals surface area contributed by atoms with Gasteiger partial charge in [0.15, 0.2) is 0 Å². The minimum Gasteiger partial charge on any atom is -0.357 e. The monoisotopic (exact) mass is 603 g/mol. The van der Waals surface area contributed by atoms with Crippen molar-refractivity contribution in [1.82, 2.24) is 10.2 Å². The van der Waals surface area contributed by atoms with Crippen LogP contribution in [0.25, 0.3) is 0 Å². The predicted molar refractivity (Wildman–Crippen MR) is 167 cm³/mol. The Labute approximate surface area is 252 Å². The largest absolute Gasteiger partial charge is 0.357 e. The SMILES string of the molecule is CNC(=O)[C@H](Cc1ccccc1)N(Cc1cccc(Cl)c1)C(=O)CN(c1cccc(C)c1C)S(=O)(=O)c1ccccc1. The van der Waals surface area contributed by atoms with E-state index in [1.165, 1.54) is 24.1 Å². The summed E-state index contributed by atoms with van der Waals surface area (Å²) < 4.78 is 29.3. The zero-order valence-electron chi connectivity index (χ0n) is 23.8. The molecule has 0 bridgehead atoms. The number of sulfonamides is 1. The molecular formula is C33H34ClN3O4S. The predicted octanol–water partition coefficient (Wildman–Crippen LogP) is 5.54. The van der Waals surface area contributed by atoms with Crippen LogP contribution in [0.3, 0.4) is 0 Å². The molecule has 218 valence electrons. The number of nitrogens with zero attached hydrogens (tertiary/aromatic N) is 2. The molecule has 0 spiro atoms. The van der Waals surface area contributed by atoms with Crippen molar-refractivity contribution in [2.45, 2.75) is 37.8 Å². The second-order valence-electron chi connectivity index (χ2n) is 10.0. The van der Waals surface area contributed by atoms with Crippen molar-refractivity contribution in [3.8, 4) is 0 Å². The highest BCUT2D eigenvalue weighted by Gasteiger charge is 2.34. The molecule has 0 aliphatic heterocycles. The second kappa shape index (κ2) is 13.7. The first-order valence-corrected chi connectivity index (χ1v) is 15.4. The summed E-state index contributed by atoms with van der Waals surface area (Å²) in [4.78, 5) is 29.2. The Morgan fingerprint density at radius 1 is 0.833 bits per heavy atom. The van der Waals surface area contributed by atoms with Gasteiger partial charge in [0.25, 0.3) is 10.0 Å². The van der Waals surface area contributed by atoms with E-state index < -0.39 is 28.5 Å². The van der Waals surface area contributed by atoms with Crippen molar-refractivity contribution < 1.29 is 18.0 Å². The van der Waals surface area contributed by atoms with Crippen molar-refractivity contribution in [1.29, 1.82) is 0 Å². The molecule has 0 aliphatic carbocycles. The van der Waals surface area contributed by atoms with Crippen LogP contribution in [0.5, 0.6) is 0 Å². The number of nitrogens with one attached hydrogen (secondary N) is 1. The quantitative estimate of drug-likeness (QED) is 0.244. The van der Waals surface area contributed by atoms with Crippen LogP contribution in [0.1, 0.15) is 22.3 Å². The number of aryl methyl sites for hydroxylation is 1. The molecule has 4 aromatic rings. The van der Waals surface area contributed by atoms with Gasteiger partial charge in [-0.15, -0.1) is 0 Å². The van der Waals surface area contributed by atoms with Crippen LogP contribution in [0, 0.1) is 13.8 Å². The Balaban J connectivity index is 1.81. The number of carbonyl (C=O) groups is 2. The lowest BCUT2D eigenvalue weighted by molar-refractivity contribution is -0.139. The van der Waals surface area contributed by atoms with Crippen LogP contribution in [0.15, 0.2) is 108 Å². The lowest BCUT2D eigenvalue weighted by Crippen LogP contribution is -2.53. The molecule has 0 heterocycles. The van der Waals surface area contributed by atoms with Crippen LogP contribution >= 0.6 is 11.6 Å². The number of amides is 2. The molecule has 7 nitrogen and oxygen atoms in total. The molecule has 0 aliphatic rings. The maximum atomic E-state index is 14.3. The molecule has 4 rings (SSSR count). The van der Waals surface area contributed by atoms with E-state index in [9.17, 15) is 18.0 Å². The molecule has 1 N–H and O–H groups in total. The molecule has 2 amide bonds. The van der Waals surface area contributed by atoms with Gasteiger partial charge in [0.1, 0.15) is 12.6 Å². The van der Waals surface area contributed by atoms with E-state index in [2.05, 4.69) is 5.32 Å². The van der Waals surface area contributed by atoms with E-state index in [0.29, 0.717) is 16.3 Å². The van der Waals surface area contributed by atoms with Gasteiger partial charge < -0.3 is 10.2 Å². The van der Waals surface area contributed by atoms with Crippen LogP contribution in [-0.2, 0) is 32.6 Å². The average molecular weight is 604 g/mol. The van der Waals surface area contributed by atoms with Crippen molar-refractivity contribution in [3.63, 3.8) is 0 Å². The Hall–Kier alpha value is -4.14. The fraction of sp³-hybridized carbons (Fsp3) is 0.212. The molecule has 0 saturated carbocycles. The maximum Gasteiger partial charge on any atom is 0.264 e. The molecule has 1 atom stereocenters. The number of hydrogen-bond donors (Lipinski definition) is 1. The highest BCUT2D eigenvalue weighted by molar-refractivity contribution is 7.92. The standard InChI is InChI=1S/C33H34ClN3O4S/c1-24-12-10-19-30(25(24)2)37(42(40,41)29-17-8-5-9-18-29)23-32(38)36(22-27-15-11-16-28(34)20-27)31(33(39)35-3)21-26-13-6-4-7-14-26/h4-20,31H,21-23H2,1-3H3,(H,35,39)/t31-/m0/s1. The minimum atomic E-state index is -4.15. The summed E-state index contributed by atoms with van der Waals surface area (Å²) in [5.74, 6) is -0.890. The summed E-state index contributed by atoms with van der Waals surface area (Å²) in [5.41, 5.74) is 3.59. The van der Waals surface area contributed by atoms with Crippen molar-refractivity contribution in [2.75, 3.05) is 17.9 Å². The summed E-state index contributed by atoms with van der Waals surface area (Å²) in [5, 5.41) is 3.17. The van der Waals surface area contributed by atoms with Gasteiger partial charge in [-0.2, -0.15) is 0 Å². The molecule has 0 unspecified atom stereocenters. The summed E-state index contributed by atoms with van der Waals surface area (Å²) in [6.07, 6.45) is 0.238. The number of anilines is 1. The van der Waals surface area contributed by atoms with Gasteiger partial charge in [-0.1, -0.05) is 84.4 Å². The number of rotatable bonds is 11. The highest BCUT2D eigenvalue weighted by atomic mass is 35.5. The van der Waals surface area contributed by atoms with Crippen LogP contribution in [0.4, 0.5) is 5.69 Å². The number of carbonyl (C=O) groups excluding carboxylic acids is 2. The smallest absolute Gasteiger partial charge is 0.264 e. The van der Waals surface area contributed by atoms with Crippen molar-refractivity contribution >= 4 is 39.1 Å². The van der Waals surface area contributed by atoms with Gasteiger partial charge in [-0.05, 0) is 66.4 Å². The Bertz CT molecular complexity index is 1650. The Kier molecular flexibility index (Phi) is 10.0. The van der Waals surface area contributed by atoms with E-state index in [0.717, 1.165) is 21.0 Å². The topological polar surface area (TPSA) is 86.8 Å². The average Bonchev–Trinajstić information content (AvgIpc) is 2.99. The van der Waals surface area contributed by atoms with Gasteiger partial charge in [0, 0.05) is 25.0 Å². The molecule has 0 saturated heterocycles. The first kappa shape index (κ1) is 30.8. The van der Waals surface area contributed by atoms with Gasteiger partial charge in [-0.3, -0.25) is 13.9 Å². The summed E-state index contributed by atoms with van der Waals surface area (Å²) in [6.45, 7) is 3.26. The van der Waals surface area contributed by atoms with Crippen LogP contribution < -0.4 is 9.62 Å². The highest BCUT2D eigenvalue weighted by Crippen LogP contribution is 2.29. The van der Waals surface area contributed by atoms with Crippen molar-refractivity contribution in [2.24, 2.45) is 0 Å². The molecule has 9 heteroatoms. The first-order chi connectivity index (χ1) is 20.1.